The highest BCUT2D eigenvalue weighted by molar-refractivity contribution is 14.1. The Morgan fingerprint density at radius 3 is 2.53 bits per heavy atom. The fourth-order valence-electron chi connectivity index (χ4n) is 1.44. The van der Waals surface area contributed by atoms with E-state index in [-0.39, 0.29) is 11.4 Å². The quantitative estimate of drug-likeness (QED) is 0.847. The first-order valence-electron chi connectivity index (χ1n) is 4.55. The Kier molecular flexibility index (Phi) is 3.14. The number of halogens is 3. The predicted octanol–water partition coefficient (Wildman–Crippen LogP) is 3.06. The molecule has 0 unspecified atom stereocenters. The fraction of sp³-hybridized carbons (Fsp3) is 0. The van der Waals surface area contributed by atoms with Crippen LogP contribution in [0.4, 0.5) is 8.78 Å². The average Bonchev–Trinajstić information content (AvgIpc) is 2.64. The summed E-state index contributed by atoms with van der Waals surface area (Å²) in [5.41, 5.74) is 0.268. The van der Waals surface area contributed by atoms with E-state index in [9.17, 15) is 13.6 Å². The van der Waals surface area contributed by atoms with E-state index in [4.69, 9.17) is 5.11 Å². The minimum atomic E-state index is -1.13. The molecule has 0 saturated heterocycles. The molecule has 0 aliphatic rings. The molecule has 1 aromatic heterocycles. The minimum absolute atomic E-state index is 0.000378. The maximum atomic E-state index is 13.1. The van der Waals surface area contributed by atoms with Crippen molar-refractivity contribution in [1.82, 2.24) is 4.57 Å². The third-order valence-corrected chi connectivity index (χ3v) is 2.78. The van der Waals surface area contributed by atoms with Gasteiger partial charge in [-0.2, -0.15) is 0 Å². The summed E-state index contributed by atoms with van der Waals surface area (Å²) in [7, 11) is 0. The largest absolute Gasteiger partial charge is 0.477 e. The molecule has 1 aromatic carbocycles. The average molecular weight is 349 g/mol. The van der Waals surface area contributed by atoms with Gasteiger partial charge >= 0.3 is 5.97 Å². The smallest absolute Gasteiger partial charge is 0.352 e. The highest BCUT2D eigenvalue weighted by atomic mass is 127. The molecule has 0 atom stereocenters. The van der Waals surface area contributed by atoms with Crippen LogP contribution in [-0.4, -0.2) is 15.6 Å². The van der Waals surface area contributed by atoms with Crippen molar-refractivity contribution >= 4 is 28.6 Å². The van der Waals surface area contributed by atoms with Crippen LogP contribution in [0.2, 0.25) is 0 Å². The van der Waals surface area contributed by atoms with Gasteiger partial charge in [-0.1, -0.05) is 0 Å². The Labute approximate surface area is 109 Å². The van der Waals surface area contributed by atoms with E-state index in [1.54, 1.807) is 0 Å². The molecule has 0 fully saturated rings. The van der Waals surface area contributed by atoms with Crippen molar-refractivity contribution in [3.05, 3.63) is 51.4 Å². The van der Waals surface area contributed by atoms with Gasteiger partial charge in [0.2, 0.25) is 0 Å². The highest BCUT2D eigenvalue weighted by Gasteiger charge is 2.14. The van der Waals surface area contributed by atoms with Gasteiger partial charge in [-0.15, -0.1) is 0 Å². The summed E-state index contributed by atoms with van der Waals surface area (Å²) >= 11 is 1.95. The highest BCUT2D eigenvalue weighted by Crippen LogP contribution is 2.19. The van der Waals surface area contributed by atoms with Crippen LogP contribution in [0, 0.1) is 15.2 Å². The van der Waals surface area contributed by atoms with Crippen LogP contribution in [0.15, 0.2) is 30.5 Å². The third-order valence-electron chi connectivity index (χ3n) is 2.19. The lowest BCUT2D eigenvalue weighted by Crippen LogP contribution is -2.06. The van der Waals surface area contributed by atoms with E-state index in [2.05, 4.69) is 0 Å². The molecule has 17 heavy (non-hydrogen) atoms. The second-order valence-corrected chi connectivity index (χ2v) is 4.56. The number of hydrogen-bond acceptors (Lipinski definition) is 1. The van der Waals surface area contributed by atoms with Gasteiger partial charge < -0.3 is 9.67 Å². The number of carbonyl (C=O) groups is 1. The van der Waals surface area contributed by atoms with Gasteiger partial charge in [0, 0.05) is 21.5 Å². The van der Waals surface area contributed by atoms with Gasteiger partial charge in [-0.25, -0.2) is 13.6 Å². The van der Waals surface area contributed by atoms with Crippen LogP contribution < -0.4 is 0 Å². The van der Waals surface area contributed by atoms with Gasteiger partial charge in [-0.3, -0.25) is 0 Å². The molecule has 2 aromatic rings. The Morgan fingerprint density at radius 2 is 1.94 bits per heavy atom. The molecular formula is C11H6F2INO2. The number of aromatic nitrogens is 1. The Hall–Kier alpha value is -1.44. The summed E-state index contributed by atoms with van der Waals surface area (Å²) in [6, 6.07) is 4.69. The molecule has 0 aliphatic heterocycles. The fourth-order valence-corrected chi connectivity index (χ4v) is 2.02. The maximum Gasteiger partial charge on any atom is 0.352 e. The summed E-state index contributed by atoms with van der Waals surface area (Å²) in [6.45, 7) is 0. The standard InChI is InChI=1S/C11H6F2INO2/c12-8-2-1-7(4-9(8)13)15-5-6(14)3-10(15)11(16)17/h1-5H,(H,16,17). The molecule has 0 bridgehead atoms. The van der Waals surface area contributed by atoms with Crippen molar-refractivity contribution in [3.63, 3.8) is 0 Å². The molecule has 0 amide bonds. The zero-order valence-electron chi connectivity index (χ0n) is 8.32. The third kappa shape index (κ3) is 2.31. The van der Waals surface area contributed by atoms with Crippen LogP contribution >= 0.6 is 22.6 Å². The lowest BCUT2D eigenvalue weighted by atomic mass is 10.3. The number of benzene rings is 1. The van der Waals surface area contributed by atoms with E-state index >= 15 is 0 Å². The number of rotatable bonds is 2. The molecule has 1 N–H and O–H groups in total. The lowest BCUT2D eigenvalue weighted by molar-refractivity contribution is 0.0688. The first kappa shape index (κ1) is 12.0. The van der Waals surface area contributed by atoms with E-state index in [1.165, 1.54) is 22.9 Å². The van der Waals surface area contributed by atoms with Crippen LogP contribution in [0.1, 0.15) is 10.5 Å². The SMILES string of the molecule is O=C(O)c1cc(I)cn1-c1ccc(F)c(F)c1. The molecule has 88 valence electrons. The molecule has 0 aliphatic carbocycles. The van der Waals surface area contributed by atoms with Gasteiger partial charge in [0.05, 0.1) is 0 Å². The van der Waals surface area contributed by atoms with Crippen molar-refractivity contribution in [2.24, 2.45) is 0 Å². The molecule has 6 heteroatoms. The topological polar surface area (TPSA) is 42.2 Å². The van der Waals surface area contributed by atoms with Crippen LogP contribution in [0.25, 0.3) is 5.69 Å². The maximum absolute atomic E-state index is 13.1. The van der Waals surface area contributed by atoms with Gasteiger partial charge in [0.1, 0.15) is 5.69 Å². The molecule has 1 heterocycles. The molecule has 0 saturated carbocycles. The van der Waals surface area contributed by atoms with Crippen molar-refractivity contribution in [3.8, 4) is 5.69 Å². The summed E-state index contributed by atoms with van der Waals surface area (Å²) in [5, 5.41) is 8.97. The summed E-state index contributed by atoms with van der Waals surface area (Å²) in [4.78, 5) is 11.0. The Bertz CT molecular complexity index is 595. The second kappa shape index (κ2) is 4.44. The predicted molar refractivity (Wildman–Crippen MR) is 65.4 cm³/mol. The monoisotopic (exact) mass is 349 g/mol. The van der Waals surface area contributed by atoms with Gasteiger partial charge in [0.25, 0.3) is 0 Å². The van der Waals surface area contributed by atoms with Crippen molar-refractivity contribution < 1.29 is 18.7 Å². The Balaban J connectivity index is 2.59. The van der Waals surface area contributed by atoms with Gasteiger partial charge in [0.15, 0.2) is 11.6 Å². The normalized spacial score (nSPS) is 10.5. The summed E-state index contributed by atoms with van der Waals surface area (Å²) in [5.74, 6) is -3.10. The van der Waals surface area contributed by atoms with Crippen LogP contribution in [0.5, 0.6) is 0 Å². The van der Waals surface area contributed by atoms with E-state index in [1.807, 2.05) is 22.6 Å². The van der Waals surface area contributed by atoms with Crippen molar-refractivity contribution in [2.45, 2.75) is 0 Å². The molecule has 3 nitrogen and oxygen atoms in total. The number of aromatic carboxylic acids is 1. The van der Waals surface area contributed by atoms with E-state index < -0.39 is 17.6 Å². The molecule has 2 rings (SSSR count). The summed E-state index contributed by atoms with van der Waals surface area (Å²) < 4.78 is 27.8. The number of hydrogen-bond donors (Lipinski definition) is 1. The van der Waals surface area contributed by atoms with Gasteiger partial charge in [-0.05, 0) is 40.8 Å². The molecule has 0 radical (unpaired) electrons. The lowest BCUT2D eigenvalue weighted by Gasteiger charge is -2.06. The first-order valence-corrected chi connectivity index (χ1v) is 5.63. The minimum Gasteiger partial charge on any atom is -0.477 e. The molecule has 0 spiro atoms. The number of carboxylic acid groups (broad SMARTS) is 1. The zero-order valence-corrected chi connectivity index (χ0v) is 10.5. The van der Waals surface area contributed by atoms with E-state index in [0.717, 1.165) is 12.1 Å². The second-order valence-electron chi connectivity index (χ2n) is 3.32. The Morgan fingerprint density at radius 1 is 1.24 bits per heavy atom. The van der Waals surface area contributed by atoms with Crippen molar-refractivity contribution in [1.29, 1.82) is 0 Å². The molecular weight excluding hydrogens is 343 g/mol. The summed E-state index contributed by atoms with van der Waals surface area (Å²) in [6.07, 6.45) is 1.54. The van der Waals surface area contributed by atoms with E-state index in [0.29, 0.717) is 3.57 Å². The van der Waals surface area contributed by atoms with Crippen molar-refractivity contribution in [2.75, 3.05) is 0 Å². The first-order chi connectivity index (χ1) is 7.99. The number of nitrogens with zero attached hydrogens (tertiary/aromatic N) is 1. The number of carboxylic acids is 1. The van der Waals surface area contributed by atoms with Crippen LogP contribution in [-0.2, 0) is 0 Å². The van der Waals surface area contributed by atoms with Crippen LogP contribution in [0.3, 0.4) is 0 Å². The zero-order chi connectivity index (χ0) is 12.6.